The Balaban J connectivity index is 1.74. The van der Waals surface area contributed by atoms with Crippen molar-refractivity contribution in [3.8, 4) is 11.4 Å². The number of carbonyl (C=O) groups excluding carboxylic acids is 1. The van der Waals surface area contributed by atoms with Gasteiger partial charge in [-0.3, -0.25) is 14.8 Å². The lowest BCUT2D eigenvalue weighted by Crippen LogP contribution is -2.45. The quantitative estimate of drug-likeness (QED) is 0.106. The van der Waals surface area contributed by atoms with Crippen LogP contribution in [0.25, 0.3) is 21.8 Å². The van der Waals surface area contributed by atoms with Crippen LogP contribution in [0.1, 0.15) is 23.3 Å². The SMILES string of the molecule is [N-]=[N+]=NNc1ccc(-c2ncccc2N)nc1C(=O)N(N)c1cnccc1N1CCC[C@H](N)C1. The van der Waals surface area contributed by atoms with Gasteiger partial charge in [-0.2, -0.15) is 4.91 Å². The van der Waals surface area contributed by atoms with E-state index in [1.165, 1.54) is 6.20 Å². The molecular weight excluding hydrogens is 436 g/mol. The molecule has 4 rings (SSSR count). The van der Waals surface area contributed by atoms with Gasteiger partial charge in [0, 0.05) is 31.5 Å². The van der Waals surface area contributed by atoms with Crippen LogP contribution in [-0.4, -0.2) is 40.0 Å². The van der Waals surface area contributed by atoms with E-state index in [1.807, 2.05) is 0 Å². The molecule has 174 valence electrons. The summed E-state index contributed by atoms with van der Waals surface area (Å²) in [4.78, 5) is 31.1. The van der Waals surface area contributed by atoms with Crippen LogP contribution in [0.3, 0.4) is 0 Å². The maximum absolute atomic E-state index is 13.5. The molecule has 34 heavy (non-hydrogen) atoms. The topological polar surface area (TPSA) is 201 Å². The van der Waals surface area contributed by atoms with Crippen LogP contribution in [0, 0.1) is 0 Å². The second-order valence-corrected chi connectivity index (χ2v) is 7.72. The molecule has 0 radical (unpaired) electrons. The van der Waals surface area contributed by atoms with E-state index in [-0.39, 0.29) is 17.4 Å². The third kappa shape index (κ3) is 4.66. The number of pyridine rings is 3. The van der Waals surface area contributed by atoms with Crippen molar-refractivity contribution in [2.75, 3.05) is 34.2 Å². The zero-order valence-electron chi connectivity index (χ0n) is 18.2. The summed E-state index contributed by atoms with van der Waals surface area (Å²) in [5.41, 5.74) is 25.7. The van der Waals surface area contributed by atoms with Crippen molar-refractivity contribution < 1.29 is 4.79 Å². The molecule has 1 saturated heterocycles. The van der Waals surface area contributed by atoms with Gasteiger partial charge in [0.1, 0.15) is 11.4 Å². The number of amides is 1. The lowest BCUT2D eigenvalue weighted by Gasteiger charge is -2.34. The highest BCUT2D eigenvalue weighted by Crippen LogP contribution is 2.31. The van der Waals surface area contributed by atoms with Crippen molar-refractivity contribution in [1.82, 2.24) is 15.0 Å². The summed E-state index contributed by atoms with van der Waals surface area (Å²) in [6, 6.07) is 8.34. The van der Waals surface area contributed by atoms with E-state index >= 15 is 0 Å². The number of azide groups is 1. The van der Waals surface area contributed by atoms with Crippen LogP contribution in [0.4, 0.5) is 22.7 Å². The minimum atomic E-state index is -0.650. The minimum Gasteiger partial charge on any atom is -0.397 e. The lowest BCUT2D eigenvalue weighted by atomic mass is 10.1. The van der Waals surface area contributed by atoms with Gasteiger partial charge in [-0.05, 0) is 48.4 Å². The fourth-order valence-electron chi connectivity index (χ4n) is 3.84. The van der Waals surface area contributed by atoms with Gasteiger partial charge in [0.05, 0.1) is 23.3 Å². The molecule has 4 heterocycles. The van der Waals surface area contributed by atoms with Crippen LogP contribution >= 0.6 is 0 Å². The first-order valence-corrected chi connectivity index (χ1v) is 10.5. The Kier molecular flexibility index (Phi) is 6.69. The van der Waals surface area contributed by atoms with E-state index in [9.17, 15) is 4.79 Å². The van der Waals surface area contributed by atoms with Crippen LogP contribution in [-0.2, 0) is 0 Å². The highest BCUT2D eigenvalue weighted by molar-refractivity contribution is 6.09. The van der Waals surface area contributed by atoms with E-state index in [1.54, 1.807) is 42.7 Å². The molecule has 1 aliphatic rings. The molecule has 3 aromatic heterocycles. The number of anilines is 4. The second-order valence-electron chi connectivity index (χ2n) is 7.72. The highest BCUT2D eigenvalue weighted by atomic mass is 16.2. The first-order chi connectivity index (χ1) is 16.5. The predicted octanol–water partition coefficient (Wildman–Crippen LogP) is 2.21. The van der Waals surface area contributed by atoms with Crippen LogP contribution in [0.15, 0.2) is 54.1 Å². The molecule has 0 aliphatic carbocycles. The Hall–Kier alpha value is -4.45. The molecule has 1 amide bonds. The Morgan fingerprint density at radius 2 is 2.15 bits per heavy atom. The van der Waals surface area contributed by atoms with Crippen LogP contribution < -0.4 is 32.6 Å². The predicted molar refractivity (Wildman–Crippen MR) is 129 cm³/mol. The van der Waals surface area contributed by atoms with Gasteiger partial charge >= 0.3 is 0 Å². The number of nitrogen functional groups attached to an aromatic ring is 1. The summed E-state index contributed by atoms with van der Waals surface area (Å²) in [7, 11) is 0. The van der Waals surface area contributed by atoms with E-state index in [4.69, 9.17) is 22.8 Å². The zero-order valence-corrected chi connectivity index (χ0v) is 18.2. The van der Waals surface area contributed by atoms with Crippen molar-refractivity contribution in [1.29, 1.82) is 0 Å². The van der Waals surface area contributed by atoms with E-state index < -0.39 is 5.91 Å². The fraction of sp³-hybridized carbons (Fsp3) is 0.238. The van der Waals surface area contributed by atoms with E-state index in [2.05, 4.69) is 35.4 Å². The molecule has 0 spiro atoms. The standard InChI is InChI=1S/C21H24N12O/c22-13-3-2-10-32(12-13)17-7-9-26-11-18(17)33(25)21(34)20-16(29-31-30-24)6-5-15(28-20)19-14(23)4-1-8-27-19/h1,4-9,11,13,29H,2-3,10,12,22-23,25H2/t13-/m0/s1. The van der Waals surface area contributed by atoms with Gasteiger partial charge in [-0.25, -0.2) is 21.3 Å². The molecular formula is C21H24N12O. The van der Waals surface area contributed by atoms with Gasteiger partial charge in [0.2, 0.25) is 0 Å². The Bertz CT molecular complexity index is 1240. The summed E-state index contributed by atoms with van der Waals surface area (Å²) in [5, 5.41) is 4.31. The Labute approximate surface area is 195 Å². The number of piperidine rings is 1. The highest BCUT2D eigenvalue weighted by Gasteiger charge is 2.27. The van der Waals surface area contributed by atoms with Crippen molar-refractivity contribution in [3.05, 3.63) is 65.1 Å². The van der Waals surface area contributed by atoms with Gasteiger partial charge < -0.3 is 16.4 Å². The van der Waals surface area contributed by atoms with Gasteiger partial charge in [-0.15, -0.1) is 5.53 Å². The summed E-state index contributed by atoms with van der Waals surface area (Å²) < 4.78 is 0. The molecule has 0 bridgehead atoms. The Morgan fingerprint density at radius 3 is 2.91 bits per heavy atom. The molecule has 1 aliphatic heterocycles. The maximum atomic E-state index is 13.5. The lowest BCUT2D eigenvalue weighted by molar-refractivity contribution is 0.0983. The minimum absolute atomic E-state index is 0.0264. The largest absolute Gasteiger partial charge is 0.397 e. The molecule has 3 aromatic rings. The molecule has 13 nitrogen and oxygen atoms in total. The van der Waals surface area contributed by atoms with Gasteiger partial charge in [-0.1, -0.05) is 0 Å². The van der Waals surface area contributed by atoms with Gasteiger partial charge in [0.15, 0.2) is 11.4 Å². The smallest absolute Gasteiger partial charge is 0.295 e. The average molecular weight is 461 g/mol. The molecule has 13 heteroatoms. The number of hydrogen-bond donors (Lipinski definition) is 4. The van der Waals surface area contributed by atoms with E-state index in [0.29, 0.717) is 29.3 Å². The Morgan fingerprint density at radius 1 is 1.29 bits per heavy atom. The molecule has 0 unspecified atom stereocenters. The summed E-state index contributed by atoms with van der Waals surface area (Å²) in [6.07, 6.45) is 6.57. The number of hydrazine groups is 1. The number of nitrogens with zero attached hydrogens (tertiary/aromatic N) is 8. The summed E-state index contributed by atoms with van der Waals surface area (Å²) in [5.74, 6) is 5.65. The number of carbonyl (C=O) groups is 1. The third-order valence-corrected chi connectivity index (χ3v) is 5.45. The molecule has 7 N–H and O–H groups in total. The monoisotopic (exact) mass is 460 g/mol. The van der Waals surface area contributed by atoms with Crippen molar-refractivity contribution in [2.24, 2.45) is 16.8 Å². The van der Waals surface area contributed by atoms with Crippen molar-refractivity contribution in [2.45, 2.75) is 18.9 Å². The normalized spacial score (nSPS) is 15.4. The number of nitrogens with one attached hydrogen (secondary N) is 1. The number of hydrogen-bond acceptors (Lipinski definition) is 9. The second kappa shape index (κ2) is 10.0. The molecule has 0 saturated carbocycles. The number of rotatable bonds is 6. The van der Waals surface area contributed by atoms with Crippen molar-refractivity contribution >= 4 is 28.7 Å². The first-order valence-electron chi connectivity index (χ1n) is 10.5. The van der Waals surface area contributed by atoms with Crippen LogP contribution in [0.5, 0.6) is 0 Å². The fourth-order valence-corrected chi connectivity index (χ4v) is 3.84. The van der Waals surface area contributed by atoms with E-state index in [0.717, 1.165) is 30.1 Å². The third-order valence-electron chi connectivity index (χ3n) is 5.45. The average Bonchev–Trinajstić information content (AvgIpc) is 2.87. The molecule has 0 aromatic carbocycles. The summed E-state index contributed by atoms with van der Waals surface area (Å²) in [6.45, 7) is 1.42. The molecule has 1 atom stereocenters. The first kappa shape index (κ1) is 22.7. The van der Waals surface area contributed by atoms with Crippen molar-refractivity contribution in [3.63, 3.8) is 0 Å². The maximum Gasteiger partial charge on any atom is 0.295 e. The number of nitrogens with two attached hydrogens (primary N) is 3. The summed E-state index contributed by atoms with van der Waals surface area (Å²) >= 11 is 0. The zero-order chi connectivity index (χ0) is 24.1. The van der Waals surface area contributed by atoms with Crippen LogP contribution in [0.2, 0.25) is 0 Å². The molecule has 1 fully saturated rings. The number of aromatic nitrogens is 3. The van der Waals surface area contributed by atoms with Gasteiger partial charge in [0.25, 0.3) is 5.91 Å².